The van der Waals surface area contributed by atoms with E-state index in [4.69, 9.17) is 5.73 Å². The molecule has 1 unspecified atom stereocenters. The minimum atomic E-state index is -1.43. The smallest absolute Gasteiger partial charge is 0.327 e. The van der Waals surface area contributed by atoms with Gasteiger partial charge >= 0.3 is 5.97 Å². The number of hydrogen-bond donors (Lipinski definition) is 1. The fourth-order valence-electron chi connectivity index (χ4n) is 2.01. The molecule has 0 saturated heterocycles. The Labute approximate surface area is 110 Å². The SMILES string of the molecule is COC(=O)C(C)(N)CN1C(=O)c2ccccc2C1=O. The van der Waals surface area contributed by atoms with Gasteiger partial charge in [-0.05, 0) is 19.1 Å². The van der Waals surface area contributed by atoms with Crippen LogP contribution in [0.15, 0.2) is 24.3 Å². The highest BCUT2D eigenvalue weighted by Crippen LogP contribution is 2.23. The monoisotopic (exact) mass is 262 g/mol. The molecule has 0 fully saturated rings. The zero-order valence-electron chi connectivity index (χ0n) is 10.7. The third-order valence-corrected chi connectivity index (χ3v) is 3.02. The summed E-state index contributed by atoms with van der Waals surface area (Å²) in [6.07, 6.45) is 0. The van der Waals surface area contributed by atoms with Gasteiger partial charge in [-0.25, -0.2) is 0 Å². The van der Waals surface area contributed by atoms with Gasteiger partial charge in [-0.1, -0.05) is 12.1 Å². The normalized spacial score (nSPS) is 17.1. The summed E-state index contributed by atoms with van der Waals surface area (Å²) in [7, 11) is 1.20. The van der Waals surface area contributed by atoms with E-state index in [9.17, 15) is 14.4 Å². The van der Waals surface area contributed by atoms with Crippen LogP contribution in [0.2, 0.25) is 0 Å². The largest absolute Gasteiger partial charge is 0.468 e. The van der Waals surface area contributed by atoms with Gasteiger partial charge in [0.15, 0.2) is 0 Å². The van der Waals surface area contributed by atoms with Crippen molar-refractivity contribution in [1.29, 1.82) is 0 Å². The van der Waals surface area contributed by atoms with Gasteiger partial charge in [-0.3, -0.25) is 19.3 Å². The number of methoxy groups -OCH3 is 1. The van der Waals surface area contributed by atoms with Crippen LogP contribution in [0.5, 0.6) is 0 Å². The van der Waals surface area contributed by atoms with Crippen LogP contribution < -0.4 is 5.73 Å². The number of hydrogen-bond acceptors (Lipinski definition) is 5. The number of imide groups is 1. The van der Waals surface area contributed by atoms with Gasteiger partial charge in [0, 0.05) is 0 Å². The van der Waals surface area contributed by atoms with E-state index in [0.717, 1.165) is 4.90 Å². The molecule has 19 heavy (non-hydrogen) atoms. The van der Waals surface area contributed by atoms with Gasteiger partial charge in [0.2, 0.25) is 0 Å². The first-order chi connectivity index (χ1) is 8.88. The van der Waals surface area contributed by atoms with Crippen LogP contribution in [0, 0.1) is 0 Å². The van der Waals surface area contributed by atoms with Crippen molar-refractivity contribution >= 4 is 17.8 Å². The number of carbonyl (C=O) groups is 3. The summed E-state index contributed by atoms with van der Waals surface area (Å²) in [4.78, 5) is 36.7. The van der Waals surface area contributed by atoms with Gasteiger partial charge < -0.3 is 10.5 Å². The maximum Gasteiger partial charge on any atom is 0.327 e. The second-order valence-electron chi connectivity index (χ2n) is 4.65. The maximum absolute atomic E-state index is 12.1. The molecule has 1 aliphatic rings. The highest BCUT2D eigenvalue weighted by Gasteiger charge is 2.41. The summed E-state index contributed by atoms with van der Waals surface area (Å²) in [6.45, 7) is 1.20. The number of nitrogens with two attached hydrogens (primary N) is 1. The molecule has 2 rings (SSSR count). The van der Waals surface area contributed by atoms with E-state index in [1.165, 1.54) is 14.0 Å². The molecular weight excluding hydrogens is 248 g/mol. The number of benzene rings is 1. The fraction of sp³-hybridized carbons (Fsp3) is 0.308. The molecule has 2 amide bonds. The predicted molar refractivity (Wildman–Crippen MR) is 66.4 cm³/mol. The van der Waals surface area contributed by atoms with E-state index in [2.05, 4.69) is 4.74 Å². The Hall–Kier alpha value is -2.21. The van der Waals surface area contributed by atoms with Crippen molar-refractivity contribution in [3.63, 3.8) is 0 Å². The number of nitrogens with zero attached hydrogens (tertiary/aromatic N) is 1. The second kappa shape index (κ2) is 4.47. The van der Waals surface area contributed by atoms with Crippen LogP contribution in [0.3, 0.4) is 0 Å². The van der Waals surface area contributed by atoms with E-state index >= 15 is 0 Å². The Morgan fingerprint density at radius 2 is 1.74 bits per heavy atom. The Kier molecular flexibility index (Phi) is 3.11. The molecule has 6 heteroatoms. The Bertz CT molecular complexity index is 531. The number of rotatable bonds is 3. The van der Waals surface area contributed by atoms with Gasteiger partial charge in [0.05, 0.1) is 24.8 Å². The standard InChI is InChI=1S/C13H14N2O4/c1-13(14,12(18)19-2)7-15-10(16)8-5-3-4-6-9(8)11(15)17/h3-6H,7,14H2,1-2H3. The Balaban J connectivity index is 2.28. The lowest BCUT2D eigenvalue weighted by atomic mass is 10.0. The van der Waals surface area contributed by atoms with Crippen LogP contribution in [0.4, 0.5) is 0 Å². The van der Waals surface area contributed by atoms with Crippen molar-refractivity contribution in [2.45, 2.75) is 12.5 Å². The van der Waals surface area contributed by atoms with E-state index in [1.807, 2.05) is 0 Å². The molecule has 0 bridgehead atoms. The summed E-state index contributed by atoms with van der Waals surface area (Å²) < 4.78 is 4.56. The second-order valence-corrected chi connectivity index (χ2v) is 4.65. The van der Waals surface area contributed by atoms with E-state index in [0.29, 0.717) is 11.1 Å². The first kappa shape index (κ1) is 13.2. The van der Waals surface area contributed by atoms with Gasteiger partial charge in [-0.15, -0.1) is 0 Å². The van der Waals surface area contributed by atoms with E-state index in [1.54, 1.807) is 24.3 Å². The summed E-state index contributed by atoms with van der Waals surface area (Å²) in [5, 5.41) is 0. The first-order valence-corrected chi connectivity index (χ1v) is 5.71. The van der Waals surface area contributed by atoms with Gasteiger partial charge in [-0.2, -0.15) is 0 Å². The lowest BCUT2D eigenvalue weighted by molar-refractivity contribution is -0.146. The molecule has 1 aromatic rings. The molecular formula is C13H14N2O4. The molecule has 2 N–H and O–H groups in total. The van der Waals surface area contributed by atoms with Crippen molar-refractivity contribution in [3.05, 3.63) is 35.4 Å². The first-order valence-electron chi connectivity index (χ1n) is 5.71. The molecule has 1 heterocycles. The highest BCUT2D eigenvalue weighted by molar-refractivity contribution is 6.21. The molecule has 0 radical (unpaired) electrons. The molecule has 0 aliphatic carbocycles. The van der Waals surface area contributed by atoms with Crippen LogP contribution in [-0.4, -0.2) is 41.9 Å². The van der Waals surface area contributed by atoms with Crippen LogP contribution in [-0.2, 0) is 9.53 Å². The predicted octanol–water partition coefficient (Wildman–Crippen LogP) is 0.173. The molecule has 1 aliphatic heterocycles. The average Bonchev–Trinajstić information content (AvgIpc) is 2.63. The molecule has 100 valence electrons. The van der Waals surface area contributed by atoms with Gasteiger partial charge in [0.25, 0.3) is 11.8 Å². The lowest BCUT2D eigenvalue weighted by Crippen LogP contribution is -2.55. The summed E-state index contributed by atoms with van der Waals surface area (Å²) in [5.41, 5.74) is 5.01. The highest BCUT2D eigenvalue weighted by atomic mass is 16.5. The van der Waals surface area contributed by atoms with Crippen LogP contribution >= 0.6 is 0 Å². The minimum absolute atomic E-state index is 0.216. The van der Waals surface area contributed by atoms with Crippen molar-refractivity contribution in [3.8, 4) is 0 Å². The summed E-state index contributed by atoms with van der Waals surface area (Å²) in [5.74, 6) is -1.56. The molecule has 1 aromatic carbocycles. The quantitative estimate of drug-likeness (QED) is 0.619. The number of fused-ring (bicyclic) bond motifs is 1. The number of ether oxygens (including phenoxy) is 1. The fourth-order valence-corrected chi connectivity index (χ4v) is 2.01. The summed E-state index contributed by atoms with van der Waals surface area (Å²) in [6, 6.07) is 6.49. The average molecular weight is 262 g/mol. The molecule has 6 nitrogen and oxygen atoms in total. The van der Waals surface area contributed by atoms with Crippen molar-refractivity contribution in [2.75, 3.05) is 13.7 Å². The molecule has 0 spiro atoms. The van der Waals surface area contributed by atoms with Crippen molar-refractivity contribution in [2.24, 2.45) is 5.73 Å². The van der Waals surface area contributed by atoms with Gasteiger partial charge in [0.1, 0.15) is 5.54 Å². The maximum atomic E-state index is 12.1. The Morgan fingerprint density at radius 1 is 1.26 bits per heavy atom. The van der Waals surface area contributed by atoms with E-state index in [-0.39, 0.29) is 6.54 Å². The zero-order valence-corrected chi connectivity index (χ0v) is 10.7. The van der Waals surface area contributed by atoms with Crippen LogP contribution in [0.25, 0.3) is 0 Å². The number of amides is 2. The Morgan fingerprint density at radius 3 is 2.16 bits per heavy atom. The van der Waals surface area contributed by atoms with Crippen LogP contribution in [0.1, 0.15) is 27.6 Å². The topological polar surface area (TPSA) is 89.7 Å². The lowest BCUT2D eigenvalue weighted by Gasteiger charge is -2.26. The third-order valence-electron chi connectivity index (χ3n) is 3.02. The zero-order chi connectivity index (χ0) is 14.2. The third kappa shape index (κ3) is 2.10. The number of esters is 1. The summed E-state index contributed by atoms with van der Waals surface area (Å²) >= 11 is 0. The number of carbonyl (C=O) groups excluding carboxylic acids is 3. The molecule has 0 saturated carbocycles. The van der Waals surface area contributed by atoms with Crippen molar-refractivity contribution < 1.29 is 19.1 Å². The molecule has 0 aromatic heterocycles. The van der Waals surface area contributed by atoms with Crippen molar-refractivity contribution in [1.82, 2.24) is 4.90 Å². The molecule has 1 atom stereocenters. The van der Waals surface area contributed by atoms with E-state index < -0.39 is 23.3 Å². The minimum Gasteiger partial charge on any atom is -0.468 e.